The van der Waals surface area contributed by atoms with E-state index in [1.54, 1.807) is 0 Å². The van der Waals surface area contributed by atoms with E-state index in [1.165, 1.54) is 18.3 Å². The van der Waals surface area contributed by atoms with Crippen LogP contribution in [0.5, 0.6) is 0 Å². The fourth-order valence-corrected chi connectivity index (χ4v) is 1.98. The van der Waals surface area contributed by atoms with E-state index in [0.29, 0.717) is 0 Å². The van der Waals surface area contributed by atoms with Gasteiger partial charge in [-0.2, -0.15) is 10.2 Å². The minimum atomic E-state index is -0.703. The first-order valence-corrected chi connectivity index (χ1v) is 5.31. The lowest BCUT2D eigenvalue weighted by atomic mass is 10.0. The van der Waals surface area contributed by atoms with Crippen LogP contribution in [0.15, 0.2) is 18.3 Å². The molecule has 0 fully saturated rings. The highest BCUT2D eigenvalue weighted by molar-refractivity contribution is 5.99. The highest BCUT2D eigenvalue weighted by Gasteiger charge is 2.32. The third-order valence-corrected chi connectivity index (χ3v) is 2.76. The van der Waals surface area contributed by atoms with Gasteiger partial charge in [-0.1, -0.05) is 0 Å². The molecule has 3 rings (SSSR count). The monoisotopic (exact) mass is 273 g/mol. The summed E-state index contributed by atoms with van der Waals surface area (Å²) in [7, 11) is 0. The maximum Gasteiger partial charge on any atom is 0.297 e. The van der Waals surface area contributed by atoms with Crippen molar-refractivity contribution in [3.05, 3.63) is 44.8 Å². The van der Waals surface area contributed by atoms with Crippen molar-refractivity contribution >= 4 is 22.3 Å². The first-order valence-electron chi connectivity index (χ1n) is 5.31. The first-order chi connectivity index (χ1) is 9.59. The van der Waals surface area contributed by atoms with Crippen molar-refractivity contribution in [1.82, 2.24) is 20.4 Å². The summed E-state index contributed by atoms with van der Waals surface area (Å²) in [4.78, 5) is 21.0. The van der Waals surface area contributed by atoms with Gasteiger partial charge in [-0.15, -0.1) is 0 Å². The van der Waals surface area contributed by atoms with Gasteiger partial charge in [0.05, 0.1) is 15.4 Å². The first kappa shape index (κ1) is 11.8. The number of benzene rings is 1. The van der Waals surface area contributed by atoms with Crippen molar-refractivity contribution < 1.29 is 9.85 Å². The Labute approximate surface area is 109 Å². The molecule has 0 atom stereocenters. The Morgan fingerprint density at radius 3 is 2.65 bits per heavy atom. The van der Waals surface area contributed by atoms with Gasteiger partial charge >= 0.3 is 0 Å². The number of rotatable bonds is 3. The molecule has 2 heterocycles. The topological polar surface area (TPSA) is 144 Å². The van der Waals surface area contributed by atoms with Crippen LogP contribution in [0.3, 0.4) is 0 Å². The van der Waals surface area contributed by atoms with Crippen molar-refractivity contribution in [2.75, 3.05) is 0 Å². The summed E-state index contributed by atoms with van der Waals surface area (Å²) in [5.74, 6) is 0. The lowest BCUT2D eigenvalue weighted by Gasteiger charge is -2.02. The molecule has 1 aromatic carbocycles. The summed E-state index contributed by atoms with van der Waals surface area (Å²) >= 11 is 0. The molecular formula is C10H5N6O4. The number of nitro groups is 2. The Bertz CT molecular complexity index is 822. The number of aromatic nitrogens is 4. The van der Waals surface area contributed by atoms with Gasteiger partial charge in [-0.3, -0.25) is 30.4 Å². The standard InChI is InChI=1S/C10H5N6O4/c17-15(18)8-3-7-5(4-12-14-7)10(16(19)20)9(8)6-1-2-11-13-6/h1-3H,(H,11,13)(H,12,14). The second-order valence-electron chi connectivity index (χ2n) is 3.85. The number of hydrogen-bond donors (Lipinski definition) is 2. The van der Waals surface area contributed by atoms with Crippen molar-refractivity contribution in [3.8, 4) is 11.3 Å². The van der Waals surface area contributed by atoms with E-state index in [4.69, 9.17) is 0 Å². The van der Waals surface area contributed by atoms with Gasteiger partial charge in [-0.25, -0.2) is 0 Å². The van der Waals surface area contributed by atoms with Crippen molar-refractivity contribution in [2.45, 2.75) is 0 Å². The summed E-state index contributed by atoms with van der Waals surface area (Å²) in [6.07, 6.45) is 3.85. The second-order valence-corrected chi connectivity index (χ2v) is 3.85. The van der Waals surface area contributed by atoms with E-state index < -0.39 is 21.2 Å². The summed E-state index contributed by atoms with van der Waals surface area (Å²) in [6, 6.07) is 2.59. The van der Waals surface area contributed by atoms with Crippen LogP contribution in [0, 0.1) is 26.4 Å². The molecule has 20 heavy (non-hydrogen) atoms. The zero-order chi connectivity index (χ0) is 14.3. The number of nitrogens with one attached hydrogen (secondary N) is 2. The molecule has 2 aromatic heterocycles. The predicted octanol–water partition coefficient (Wildman–Crippen LogP) is 1.57. The van der Waals surface area contributed by atoms with Gasteiger partial charge < -0.3 is 0 Å². The lowest BCUT2D eigenvalue weighted by Crippen LogP contribution is -1.99. The molecule has 10 heteroatoms. The van der Waals surface area contributed by atoms with Gasteiger partial charge in [0.25, 0.3) is 11.4 Å². The van der Waals surface area contributed by atoms with Gasteiger partial charge in [0.1, 0.15) is 17.3 Å². The van der Waals surface area contributed by atoms with Crippen LogP contribution in [-0.2, 0) is 0 Å². The highest BCUT2D eigenvalue weighted by Crippen LogP contribution is 2.41. The van der Waals surface area contributed by atoms with E-state index in [-0.39, 0.29) is 22.2 Å². The van der Waals surface area contributed by atoms with Gasteiger partial charge in [-0.05, 0) is 6.07 Å². The number of hydrogen-bond acceptors (Lipinski definition) is 6. The third-order valence-electron chi connectivity index (χ3n) is 2.76. The van der Waals surface area contributed by atoms with Crippen LogP contribution in [0.2, 0.25) is 0 Å². The Morgan fingerprint density at radius 1 is 1.25 bits per heavy atom. The Kier molecular flexibility index (Phi) is 2.42. The number of aromatic amines is 2. The average Bonchev–Trinajstić information content (AvgIpc) is 3.06. The molecule has 0 unspecified atom stereocenters. The lowest BCUT2D eigenvalue weighted by molar-refractivity contribution is -0.391. The molecule has 0 aliphatic carbocycles. The molecule has 0 spiro atoms. The predicted molar refractivity (Wildman–Crippen MR) is 65.8 cm³/mol. The van der Waals surface area contributed by atoms with Gasteiger partial charge in [0.2, 0.25) is 0 Å². The Balaban J connectivity index is 2.50. The molecule has 1 radical (unpaired) electrons. The van der Waals surface area contributed by atoms with Crippen LogP contribution in [-0.4, -0.2) is 30.2 Å². The number of nitrogens with zero attached hydrogens (tertiary/aromatic N) is 4. The van der Waals surface area contributed by atoms with E-state index in [0.717, 1.165) is 0 Å². The van der Waals surface area contributed by atoms with Crippen LogP contribution < -0.4 is 0 Å². The summed E-state index contributed by atoms with van der Waals surface area (Å²) in [5.41, 5.74) is -0.766. The SMILES string of the molecule is O=[N+]([O-])c1cc2[nH]n[c]c2c([N+](=O)[O-])c1-c1cc[nH]n1. The van der Waals surface area contributed by atoms with E-state index in [2.05, 4.69) is 26.6 Å². The Morgan fingerprint density at radius 2 is 2.05 bits per heavy atom. The highest BCUT2D eigenvalue weighted by atomic mass is 16.6. The minimum Gasteiger partial charge on any atom is -0.285 e. The van der Waals surface area contributed by atoms with Gasteiger partial charge in [0.15, 0.2) is 5.56 Å². The molecule has 0 saturated carbocycles. The van der Waals surface area contributed by atoms with Crippen molar-refractivity contribution in [3.63, 3.8) is 0 Å². The van der Waals surface area contributed by atoms with E-state index >= 15 is 0 Å². The van der Waals surface area contributed by atoms with Gasteiger partial charge in [0, 0.05) is 12.3 Å². The average molecular weight is 273 g/mol. The maximum atomic E-state index is 11.3. The normalized spacial score (nSPS) is 10.8. The number of H-pyrrole nitrogens is 2. The Hall–Kier alpha value is -3.30. The molecule has 0 amide bonds. The maximum absolute atomic E-state index is 11.3. The van der Waals surface area contributed by atoms with E-state index in [1.807, 2.05) is 0 Å². The fraction of sp³-hybridized carbons (Fsp3) is 0. The molecule has 0 bridgehead atoms. The van der Waals surface area contributed by atoms with Crippen LogP contribution >= 0.6 is 0 Å². The molecule has 10 nitrogen and oxygen atoms in total. The quantitative estimate of drug-likeness (QED) is 0.547. The van der Waals surface area contributed by atoms with Crippen LogP contribution in [0.4, 0.5) is 11.4 Å². The van der Waals surface area contributed by atoms with Crippen LogP contribution in [0.25, 0.3) is 22.2 Å². The molecule has 0 aliphatic rings. The molecule has 0 aliphatic heterocycles. The molecule has 2 N–H and O–H groups in total. The number of nitro benzene ring substituents is 2. The summed E-state index contributed by atoms with van der Waals surface area (Å²) in [6.45, 7) is 0. The fourth-order valence-electron chi connectivity index (χ4n) is 1.98. The zero-order valence-corrected chi connectivity index (χ0v) is 9.65. The number of fused-ring (bicyclic) bond motifs is 1. The smallest absolute Gasteiger partial charge is 0.285 e. The molecule has 3 aromatic rings. The summed E-state index contributed by atoms with van der Waals surface area (Å²) in [5, 5.41) is 34.8. The molecule has 0 saturated heterocycles. The van der Waals surface area contributed by atoms with Crippen molar-refractivity contribution in [2.24, 2.45) is 0 Å². The zero-order valence-electron chi connectivity index (χ0n) is 9.65. The third kappa shape index (κ3) is 1.59. The summed E-state index contributed by atoms with van der Waals surface area (Å²) < 4.78 is 0. The minimum absolute atomic E-state index is 0.0681. The van der Waals surface area contributed by atoms with Crippen molar-refractivity contribution in [1.29, 1.82) is 0 Å². The molecular weight excluding hydrogens is 268 g/mol. The van der Waals surface area contributed by atoms with Crippen LogP contribution in [0.1, 0.15) is 0 Å². The largest absolute Gasteiger partial charge is 0.297 e. The second kappa shape index (κ2) is 4.12. The van der Waals surface area contributed by atoms with E-state index in [9.17, 15) is 20.2 Å². The molecule has 99 valence electrons.